The normalized spacial score (nSPS) is 16.4. The van der Waals surface area contributed by atoms with Crippen LogP contribution in [0.15, 0.2) is 47.5 Å². The zero-order chi connectivity index (χ0) is 22.5. The molecular formula is C20H16F3N7O2. The SMILES string of the molecule is Nc1[nH]c(=O)nc2c1C(c1cc3cccnc3n1-c1ccc(C(F)(F)F)cn1)NCCO2. The predicted octanol–water partition coefficient (Wildman–Crippen LogP) is 2.18. The number of nitrogen functional groups attached to an aromatic ring is 1. The zero-order valence-electron chi connectivity index (χ0n) is 16.3. The number of rotatable bonds is 2. The summed E-state index contributed by atoms with van der Waals surface area (Å²) < 4.78 is 46.4. The molecule has 5 heterocycles. The first-order valence-corrected chi connectivity index (χ1v) is 9.59. The molecule has 12 heteroatoms. The van der Waals surface area contributed by atoms with E-state index in [0.29, 0.717) is 23.4 Å². The fraction of sp³-hybridized carbons (Fsp3) is 0.200. The molecule has 0 bridgehead atoms. The van der Waals surface area contributed by atoms with Crippen molar-refractivity contribution >= 4 is 16.9 Å². The topological polar surface area (TPSA) is 124 Å². The van der Waals surface area contributed by atoms with Crippen molar-refractivity contribution in [2.24, 2.45) is 0 Å². The number of hydrogen-bond acceptors (Lipinski definition) is 7. The molecule has 0 aromatic carbocycles. The van der Waals surface area contributed by atoms with Crippen LogP contribution in [0.25, 0.3) is 16.9 Å². The number of nitrogens with two attached hydrogens (primary N) is 1. The van der Waals surface area contributed by atoms with Gasteiger partial charge in [-0.1, -0.05) is 0 Å². The number of nitrogens with one attached hydrogen (secondary N) is 2. The van der Waals surface area contributed by atoms with Crippen molar-refractivity contribution in [2.45, 2.75) is 12.2 Å². The van der Waals surface area contributed by atoms with Gasteiger partial charge in [0.2, 0.25) is 5.88 Å². The number of alkyl halides is 3. The van der Waals surface area contributed by atoms with Crippen molar-refractivity contribution in [1.29, 1.82) is 0 Å². The van der Waals surface area contributed by atoms with E-state index in [2.05, 4.69) is 25.3 Å². The molecule has 0 fully saturated rings. The Kier molecular flexibility index (Phi) is 4.59. The third-order valence-corrected chi connectivity index (χ3v) is 5.13. The lowest BCUT2D eigenvalue weighted by molar-refractivity contribution is -0.137. The lowest BCUT2D eigenvalue weighted by Gasteiger charge is -2.21. The van der Waals surface area contributed by atoms with E-state index in [1.165, 1.54) is 6.07 Å². The molecular weight excluding hydrogens is 427 g/mol. The van der Waals surface area contributed by atoms with Crippen LogP contribution in [-0.2, 0) is 6.18 Å². The number of H-pyrrole nitrogens is 1. The molecule has 4 aromatic rings. The summed E-state index contributed by atoms with van der Waals surface area (Å²) in [5.74, 6) is 0.405. The van der Waals surface area contributed by atoms with Gasteiger partial charge in [-0.05, 0) is 30.3 Å². The van der Waals surface area contributed by atoms with E-state index >= 15 is 0 Å². The highest BCUT2D eigenvalue weighted by atomic mass is 19.4. The van der Waals surface area contributed by atoms with Gasteiger partial charge in [0.15, 0.2) is 0 Å². The summed E-state index contributed by atoms with van der Waals surface area (Å²) in [4.78, 5) is 26.6. The van der Waals surface area contributed by atoms with Crippen molar-refractivity contribution in [2.75, 3.05) is 18.9 Å². The van der Waals surface area contributed by atoms with Crippen LogP contribution in [0.2, 0.25) is 0 Å². The molecule has 4 N–H and O–H groups in total. The van der Waals surface area contributed by atoms with Gasteiger partial charge < -0.3 is 15.8 Å². The maximum atomic E-state index is 13.0. The van der Waals surface area contributed by atoms with Crippen molar-refractivity contribution in [1.82, 2.24) is 29.8 Å². The van der Waals surface area contributed by atoms with Gasteiger partial charge in [-0.2, -0.15) is 18.2 Å². The van der Waals surface area contributed by atoms with Crippen LogP contribution in [-0.4, -0.2) is 37.7 Å². The smallest absolute Gasteiger partial charge is 0.417 e. The Hall–Kier alpha value is -3.93. The van der Waals surface area contributed by atoms with Crippen LogP contribution in [0.1, 0.15) is 22.9 Å². The number of ether oxygens (including phenoxy) is 1. The molecule has 0 radical (unpaired) electrons. The molecule has 4 aromatic heterocycles. The van der Waals surface area contributed by atoms with E-state index < -0.39 is 23.5 Å². The Balaban J connectivity index is 1.74. The lowest BCUT2D eigenvalue weighted by atomic mass is 10.0. The summed E-state index contributed by atoms with van der Waals surface area (Å²) in [5.41, 5.74) is 6.12. The summed E-state index contributed by atoms with van der Waals surface area (Å²) in [6.45, 7) is 0.653. The number of nitrogens with zero attached hydrogens (tertiary/aromatic N) is 4. The van der Waals surface area contributed by atoms with Crippen molar-refractivity contribution in [3.05, 3.63) is 70.0 Å². The largest absolute Gasteiger partial charge is 0.476 e. The molecule has 0 aliphatic carbocycles. The first-order chi connectivity index (χ1) is 15.3. The van der Waals surface area contributed by atoms with E-state index in [4.69, 9.17) is 10.5 Å². The number of fused-ring (bicyclic) bond motifs is 2. The maximum Gasteiger partial charge on any atom is 0.417 e. The van der Waals surface area contributed by atoms with Crippen LogP contribution in [0, 0.1) is 0 Å². The van der Waals surface area contributed by atoms with Crippen molar-refractivity contribution in [3.63, 3.8) is 0 Å². The fourth-order valence-corrected chi connectivity index (χ4v) is 3.77. The van der Waals surface area contributed by atoms with Gasteiger partial charge in [0.05, 0.1) is 17.2 Å². The number of aromatic amines is 1. The molecule has 9 nitrogen and oxygen atoms in total. The van der Waals surface area contributed by atoms with Crippen molar-refractivity contribution in [3.8, 4) is 11.7 Å². The molecule has 1 aliphatic rings. The van der Waals surface area contributed by atoms with Gasteiger partial charge in [-0.25, -0.2) is 14.8 Å². The molecule has 1 aliphatic heterocycles. The molecule has 1 unspecified atom stereocenters. The molecule has 0 spiro atoms. The monoisotopic (exact) mass is 443 g/mol. The minimum absolute atomic E-state index is 0.0737. The number of anilines is 1. The number of hydrogen-bond donors (Lipinski definition) is 3. The summed E-state index contributed by atoms with van der Waals surface area (Å²) in [6, 6.07) is 7.06. The molecule has 0 saturated carbocycles. The van der Waals surface area contributed by atoms with Crippen LogP contribution >= 0.6 is 0 Å². The first kappa shape index (κ1) is 20.0. The highest BCUT2D eigenvalue weighted by Gasteiger charge is 2.32. The number of pyridine rings is 2. The molecule has 5 rings (SSSR count). The minimum atomic E-state index is -4.50. The summed E-state index contributed by atoms with van der Waals surface area (Å²) in [7, 11) is 0. The highest BCUT2D eigenvalue weighted by molar-refractivity contribution is 5.80. The van der Waals surface area contributed by atoms with E-state index in [1.54, 1.807) is 16.8 Å². The van der Waals surface area contributed by atoms with Gasteiger partial charge in [-0.3, -0.25) is 9.55 Å². The van der Waals surface area contributed by atoms with Gasteiger partial charge >= 0.3 is 11.9 Å². The van der Waals surface area contributed by atoms with Crippen molar-refractivity contribution < 1.29 is 17.9 Å². The highest BCUT2D eigenvalue weighted by Crippen LogP contribution is 2.37. The van der Waals surface area contributed by atoms with Crippen LogP contribution in [0.5, 0.6) is 5.88 Å². The average Bonchev–Trinajstić information content (AvgIpc) is 3.00. The van der Waals surface area contributed by atoms with E-state index in [1.807, 2.05) is 12.1 Å². The number of aromatic nitrogens is 5. The standard InChI is InChI=1S/C20H16F3N7O2/c21-20(22,23)11-3-4-13(27-9-11)30-12(8-10-2-1-5-26-17(10)30)15-14-16(24)28-19(31)29-18(14)32-7-6-25-15/h1-5,8-9,15,25H,6-7H2,(H3,24,28,29,31). The Morgan fingerprint density at radius 1 is 1.22 bits per heavy atom. The second-order valence-corrected chi connectivity index (χ2v) is 7.13. The van der Waals surface area contributed by atoms with E-state index in [0.717, 1.165) is 17.6 Å². The molecule has 32 heavy (non-hydrogen) atoms. The van der Waals surface area contributed by atoms with E-state index in [9.17, 15) is 18.0 Å². The third-order valence-electron chi connectivity index (χ3n) is 5.13. The third kappa shape index (κ3) is 3.34. The lowest BCUT2D eigenvalue weighted by Crippen LogP contribution is -2.27. The number of halogens is 3. The minimum Gasteiger partial charge on any atom is -0.476 e. The second-order valence-electron chi connectivity index (χ2n) is 7.13. The quantitative estimate of drug-likeness (QED) is 0.434. The Labute approximate surface area is 178 Å². The Morgan fingerprint density at radius 2 is 2.06 bits per heavy atom. The molecule has 0 saturated heterocycles. The summed E-state index contributed by atoms with van der Waals surface area (Å²) >= 11 is 0. The molecule has 164 valence electrons. The Morgan fingerprint density at radius 3 is 2.81 bits per heavy atom. The summed E-state index contributed by atoms with van der Waals surface area (Å²) in [5, 5.41) is 4.04. The fourth-order valence-electron chi connectivity index (χ4n) is 3.77. The average molecular weight is 443 g/mol. The van der Waals surface area contributed by atoms with Gasteiger partial charge in [-0.15, -0.1) is 0 Å². The Bertz CT molecular complexity index is 1360. The van der Waals surface area contributed by atoms with E-state index in [-0.39, 0.29) is 24.1 Å². The first-order valence-electron chi connectivity index (χ1n) is 9.59. The molecule has 0 amide bonds. The predicted molar refractivity (Wildman–Crippen MR) is 108 cm³/mol. The van der Waals surface area contributed by atoms with Crippen LogP contribution < -0.4 is 21.5 Å². The van der Waals surface area contributed by atoms with Gasteiger partial charge in [0.25, 0.3) is 0 Å². The van der Waals surface area contributed by atoms with Gasteiger partial charge in [0, 0.05) is 30.0 Å². The summed E-state index contributed by atoms with van der Waals surface area (Å²) in [6.07, 6.45) is -2.15. The molecule has 1 atom stereocenters. The maximum absolute atomic E-state index is 13.0. The van der Waals surface area contributed by atoms with Crippen LogP contribution in [0.4, 0.5) is 19.0 Å². The van der Waals surface area contributed by atoms with Crippen LogP contribution in [0.3, 0.4) is 0 Å². The second kappa shape index (κ2) is 7.34. The van der Waals surface area contributed by atoms with Gasteiger partial charge in [0.1, 0.15) is 23.9 Å². The zero-order valence-corrected chi connectivity index (χ0v) is 16.3.